The lowest BCUT2D eigenvalue weighted by molar-refractivity contribution is -0.119. The van der Waals surface area contributed by atoms with Crippen molar-refractivity contribution in [1.29, 1.82) is 0 Å². The second-order valence-electron chi connectivity index (χ2n) is 7.52. The number of ether oxygens (including phenoxy) is 2. The summed E-state index contributed by atoms with van der Waals surface area (Å²) in [6.07, 6.45) is 1.73. The Kier molecular flexibility index (Phi) is 5.86. The Hall–Kier alpha value is -2.70. The molecule has 0 saturated heterocycles. The highest BCUT2D eigenvalue weighted by Crippen LogP contribution is 2.47. The summed E-state index contributed by atoms with van der Waals surface area (Å²) in [4.78, 5) is 27.9. The smallest absolute Gasteiger partial charge is 0.232 e. The fraction of sp³-hybridized carbons (Fsp3) is 0.304. The van der Waals surface area contributed by atoms with E-state index in [1.165, 1.54) is 14.2 Å². The third-order valence-corrected chi connectivity index (χ3v) is 6.12. The third-order valence-electron chi connectivity index (χ3n) is 5.69. The van der Waals surface area contributed by atoms with Crippen LogP contribution in [0.3, 0.4) is 0 Å². The number of benzene rings is 2. The van der Waals surface area contributed by atoms with E-state index < -0.39 is 5.92 Å². The molecule has 162 valence electrons. The number of hydrogen-bond donors (Lipinski definition) is 1. The van der Waals surface area contributed by atoms with E-state index in [9.17, 15) is 14.7 Å². The van der Waals surface area contributed by atoms with Crippen molar-refractivity contribution < 1.29 is 24.2 Å². The second kappa shape index (κ2) is 8.44. The van der Waals surface area contributed by atoms with E-state index in [-0.39, 0.29) is 35.4 Å². The molecule has 1 heterocycles. The molecule has 2 aromatic carbocycles. The maximum Gasteiger partial charge on any atom is 0.232 e. The SMILES string of the molecule is COc1cc(C2CC(=O)N(c3cc(Cl)cc(Cl)c3)C3=C2C(=O)CCC3)cc(OC)c1O. The molecule has 0 aromatic heterocycles. The molecule has 2 aromatic rings. The summed E-state index contributed by atoms with van der Waals surface area (Å²) in [7, 11) is 2.87. The fourth-order valence-electron chi connectivity index (χ4n) is 4.36. The molecular weight excluding hydrogens is 441 g/mol. The summed E-state index contributed by atoms with van der Waals surface area (Å²) < 4.78 is 10.5. The van der Waals surface area contributed by atoms with Crippen molar-refractivity contribution in [1.82, 2.24) is 0 Å². The molecule has 4 rings (SSSR count). The average molecular weight is 462 g/mol. The molecule has 1 amide bonds. The van der Waals surface area contributed by atoms with Gasteiger partial charge in [-0.25, -0.2) is 0 Å². The van der Waals surface area contributed by atoms with E-state index >= 15 is 0 Å². The third kappa shape index (κ3) is 3.86. The summed E-state index contributed by atoms with van der Waals surface area (Å²) in [6.45, 7) is 0. The number of allylic oxidation sites excluding steroid dienone is 2. The van der Waals surface area contributed by atoms with Crippen LogP contribution in [-0.2, 0) is 9.59 Å². The van der Waals surface area contributed by atoms with Gasteiger partial charge in [-0.15, -0.1) is 0 Å². The van der Waals surface area contributed by atoms with Gasteiger partial charge < -0.3 is 14.6 Å². The van der Waals surface area contributed by atoms with Crippen molar-refractivity contribution in [3.05, 3.63) is 57.2 Å². The van der Waals surface area contributed by atoms with Crippen LogP contribution < -0.4 is 14.4 Å². The van der Waals surface area contributed by atoms with Gasteiger partial charge in [0.25, 0.3) is 0 Å². The quantitative estimate of drug-likeness (QED) is 0.673. The Balaban J connectivity index is 1.89. The molecule has 1 atom stereocenters. The van der Waals surface area contributed by atoms with Crippen LogP contribution in [0.25, 0.3) is 0 Å². The van der Waals surface area contributed by atoms with Crippen molar-refractivity contribution in [2.24, 2.45) is 0 Å². The highest BCUT2D eigenvalue weighted by Gasteiger charge is 2.40. The van der Waals surface area contributed by atoms with Gasteiger partial charge >= 0.3 is 0 Å². The number of methoxy groups -OCH3 is 2. The van der Waals surface area contributed by atoms with E-state index in [2.05, 4.69) is 0 Å². The lowest BCUT2D eigenvalue weighted by atomic mass is 9.77. The highest BCUT2D eigenvalue weighted by atomic mass is 35.5. The molecule has 0 spiro atoms. The molecular formula is C23H21Cl2NO5. The number of aromatic hydroxyl groups is 1. The largest absolute Gasteiger partial charge is 0.502 e. The number of halogens is 2. The van der Waals surface area contributed by atoms with Crippen molar-refractivity contribution in [2.45, 2.75) is 31.6 Å². The molecule has 1 aliphatic heterocycles. The predicted octanol–water partition coefficient (Wildman–Crippen LogP) is 5.24. The molecule has 1 N–H and O–H groups in total. The van der Waals surface area contributed by atoms with Gasteiger partial charge in [0.2, 0.25) is 11.7 Å². The zero-order valence-corrected chi connectivity index (χ0v) is 18.6. The van der Waals surface area contributed by atoms with Crippen LogP contribution in [0.2, 0.25) is 10.0 Å². The number of phenolic OH excluding ortho intramolecular Hbond substituents is 1. The Morgan fingerprint density at radius 1 is 0.968 bits per heavy atom. The molecule has 0 fully saturated rings. The molecule has 2 aliphatic rings. The number of phenols is 1. The van der Waals surface area contributed by atoms with Crippen LogP contribution in [0, 0.1) is 0 Å². The number of ketones is 1. The average Bonchev–Trinajstić information content (AvgIpc) is 2.72. The Morgan fingerprint density at radius 3 is 2.16 bits per heavy atom. The lowest BCUT2D eigenvalue weighted by Gasteiger charge is -2.38. The normalized spacial score (nSPS) is 18.8. The molecule has 6 nitrogen and oxygen atoms in total. The van der Waals surface area contributed by atoms with Gasteiger partial charge in [-0.05, 0) is 48.7 Å². The molecule has 1 unspecified atom stereocenters. The number of nitrogens with zero attached hydrogens (tertiary/aromatic N) is 1. The van der Waals surface area contributed by atoms with Crippen molar-refractivity contribution in [3.63, 3.8) is 0 Å². The Labute approximate surface area is 190 Å². The van der Waals surface area contributed by atoms with Crippen LogP contribution in [0.15, 0.2) is 41.6 Å². The molecule has 0 radical (unpaired) electrons. The Morgan fingerprint density at radius 2 is 1.58 bits per heavy atom. The molecule has 31 heavy (non-hydrogen) atoms. The van der Waals surface area contributed by atoms with E-state index in [0.717, 1.165) is 0 Å². The van der Waals surface area contributed by atoms with Gasteiger partial charge in [0, 0.05) is 40.1 Å². The van der Waals surface area contributed by atoms with Crippen molar-refractivity contribution in [3.8, 4) is 17.2 Å². The van der Waals surface area contributed by atoms with E-state index in [1.807, 2.05) is 0 Å². The molecule has 8 heteroatoms. The minimum absolute atomic E-state index is 0.00267. The second-order valence-corrected chi connectivity index (χ2v) is 8.40. The predicted molar refractivity (Wildman–Crippen MR) is 118 cm³/mol. The van der Waals surface area contributed by atoms with Gasteiger partial charge in [0.05, 0.1) is 19.9 Å². The summed E-state index contributed by atoms with van der Waals surface area (Å²) in [5.41, 5.74) is 2.48. The zero-order valence-electron chi connectivity index (χ0n) is 17.1. The first-order valence-corrected chi connectivity index (χ1v) is 10.6. The first-order chi connectivity index (χ1) is 14.8. The number of hydrogen-bond acceptors (Lipinski definition) is 5. The summed E-state index contributed by atoms with van der Waals surface area (Å²) in [5.74, 6) is -0.321. The number of carbonyl (C=O) groups is 2. The lowest BCUT2D eigenvalue weighted by Crippen LogP contribution is -2.40. The van der Waals surface area contributed by atoms with Crippen LogP contribution in [-0.4, -0.2) is 31.0 Å². The highest BCUT2D eigenvalue weighted by molar-refractivity contribution is 6.35. The van der Waals surface area contributed by atoms with Crippen LogP contribution in [0.1, 0.15) is 37.2 Å². The zero-order chi connectivity index (χ0) is 22.3. The van der Waals surface area contributed by atoms with Gasteiger partial charge in [-0.1, -0.05) is 23.2 Å². The van der Waals surface area contributed by atoms with Crippen molar-refractivity contribution in [2.75, 3.05) is 19.1 Å². The van der Waals surface area contributed by atoms with Crippen LogP contribution >= 0.6 is 23.2 Å². The maximum absolute atomic E-state index is 13.3. The first-order valence-electron chi connectivity index (χ1n) is 9.84. The summed E-state index contributed by atoms with van der Waals surface area (Å²) in [5, 5.41) is 11.1. The Bertz CT molecular complexity index is 1070. The molecule has 1 aliphatic carbocycles. The summed E-state index contributed by atoms with van der Waals surface area (Å²) >= 11 is 12.3. The minimum Gasteiger partial charge on any atom is -0.502 e. The minimum atomic E-state index is -0.468. The van der Waals surface area contributed by atoms with Crippen LogP contribution in [0.4, 0.5) is 5.69 Å². The number of amides is 1. The van der Waals surface area contributed by atoms with Crippen molar-refractivity contribution >= 4 is 40.6 Å². The van der Waals surface area contributed by atoms with Crippen LogP contribution in [0.5, 0.6) is 17.2 Å². The first kappa shape index (κ1) is 21.5. The number of rotatable bonds is 4. The number of Topliss-reactive ketones (excluding diaryl/α,β-unsaturated/α-hetero) is 1. The fourth-order valence-corrected chi connectivity index (χ4v) is 4.88. The number of anilines is 1. The summed E-state index contributed by atoms with van der Waals surface area (Å²) in [6, 6.07) is 8.23. The van der Waals surface area contributed by atoms with Gasteiger partial charge in [0.15, 0.2) is 17.3 Å². The van der Waals surface area contributed by atoms with E-state index in [0.29, 0.717) is 51.8 Å². The topological polar surface area (TPSA) is 76.1 Å². The van der Waals surface area contributed by atoms with E-state index in [4.69, 9.17) is 32.7 Å². The maximum atomic E-state index is 13.3. The molecule has 0 bridgehead atoms. The molecule has 0 saturated carbocycles. The number of carbonyl (C=O) groups excluding carboxylic acids is 2. The monoisotopic (exact) mass is 461 g/mol. The standard InChI is InChI=1S/C23H21Cl2NO5/c1-30-19-6-12(7-20(31-2)23(19)29)16-11-21(28)26(15-9-13(24)8-14(25)10-15)17-4-3-5-18(27)22(16)17/h6-10,16,29H,3-5,11H2,1-2H3. The van der Waals surface area contributed by atoms with Gasteiger partial charge in [0.1, 0.15) is 0 Å². The van der Waals surface area contributed by atoms with Gasteiger partial charge in [-0.3, -0.25) is 14.5 Å². The van der Waals surface area contributed by atoms with Gasteiger partial charge in [-0.2, -0.15) is 0 Å². The van der Waals surface area contributed by atoms with E-state index in [1.54, 1.807) is 35.2 Å².